The molecule has 1 aromatic carbocycles. The van der Waals surface area contributed by atoms with Crippen LogP contribution >= 0.6 is 11.3 Å². The van der Waals surface area contributed by atoms with Gasteiger partial charge in [0.05, 0.1) is 25.0 Å². The van der Waals surface area contributed by atoms with Crippen LogP contribution in [0, 0.1) is 0 Å². The second kappa shape index (κ2) is 9.72. The van der Waals surface area contributed by atoms with E-state index in [9.17, 15) is 14.4 Å². The normalized spacial score (nSPS) is 11.5. The Hall–Kier alpha value is -2.67. The van der Waals surface area contributed by atoms with Crippen LogP contribution in [0.2, 0.25) is 0 Å². The average molecular weight is 374 g/mol. The lowest BCUT2D eigenvalue weighted by molar-refractivity contribution is -0.141. The molecule has 0 bridgehead atoms. The lowest BCUT2D eigenvalue weighted by Gasteiger charge is -2.21. The minimum atomic E-state index is -0.400. The van der Waals surface area contributed by atoms with Gasteiger partial charge in [0, 0.05) is 13.1 Å². The fraction of sp³-hybridized carbons (Fsp3) is 0.316. The third kappa shape index (κ3) is 6.00. The van der Waals surface area contributed by atoms with E-state index in [2.05, 4.69) is 5.32 Å². The third-order valence-corrected chi connectivity index (χ3v) is 4.65. The van der Waals surface area contributed by atoms with Crippen LogP contribution in [-0.2, 0) is 20.7 Å². The van der Waals surface area contributed by atoms with Gasteiger partial charge in [-0.25, -0.2) is 0 Å². The fourth-order valence-electron chi connectivity index (χ4n) is 2.51. The van der Waals surface area contributed by atoms with Crippen LogP contribution in [0.15, 0.2) is 47.8 Å². The van der Waals surface area contributed by atoms with Crippen molar-refractivity contribution in [3.63, 3.8) is 0 Å². The minimum Gasteiger partial charge on any atom is -0.469 e. The van der Waals surface area contributed by atoms with Crippen LogP contribution in [0.25, 0.3) is 0 Å². The highest BCUT2D eigenvalue weighted by atomic mass is 32.1. The molecule has 2 rings (SSSR count). The molecule has 1 unspecified atom stereocenters. The molecule has 1 atom stereocenters. The van der Waals surface area contributed by atoms with Gasteiger partial charge in [-0.3, -0.25) is 14.4 Å². The second-order valence-electron chi connectivity index (χ2n) is 5.87. The summed E-state index contributed by atoms with van der Waals surface area (Å²) in [6.45, 7) is -0.0802. The Morgan fingerprint density at radius 1 is 1.15 bits per heavy atom. The van der Waals surface area contributed by atoms with Crippen molar-refractivity contribution < 1.29 is 19.1 Å². The highest BCUT2D eigenvalue weighted by Crippen LogP contribution is 2.11. The number of ether oxygens (including phenoxy) is 1. The number of rotatable bonds is 8. The zero-order chi connectivity index (χ0) is 18.9. The first-order valence-electron chi connectivity index (χ1n) is 8.18. The van der Waals surface area contributed by atoms with E-state index in [-0.39, 0.29) is 24.8 Å². The first kappa shape index (κ1) is 19.7. The largest absolute Gasteiger partial charge is 0.469 e. The maximum atomic E-state index is 12.3. The van der Waals surface area contributed by atoms with Crippen LogP contribution in [0.4, 0.5) is 0 Å². The van der Waals surface area contributed by atoms with Gasteiger partial charge in [0.15, 0.2) is 0 Å². The Kier molecular flexibility index (Phi) is 7.35. The maximum absolute atomic E-state index is 12.3. The zero-order valence-electron chi connectivity index (χ0n) is 14.8. The van der Waals surface area contributed by atoms with E-state index in [1.165, 1.54) is 23.3 Å². The third-order valence-electron chi connectivity index (χ3n) is 3.79. The number of hydrogen-bond donors (Lipinski definition) is 1. The van der Waals surface area contributed by atoms with Crippen LogP contribution in [-0.4, -0.2) is 49.4 Å². The number of methoxy groups -OCH3 is 1. The summed E-state index contributed by atoms with van der Waals surface area (Å²) < 4.78 is 4.71. The molecule has 0 saturated carbocycles. The minimum absolute atomic E-state index is 0.0692. The molecule has 138 valence electrons. The van der Waals surface area contributed by atoms with Crippen molar-refractivity contribution in [2.75, 3.05) is 20.7 Å². The van der Waals surface area contributed by atoms with Crippen LogP contribution in [0.1, 0.15) is 21.7 Å². The van der Waals surface area contributed by atoms with Gasteiger partial charge in [0.2, 0.25) is 5.91 Å². The average Bonchev–Trinajstić information content (AvgIpc) is 3.16. The Morgan fingerprint density at radius 3 is 2.50 bits per heavy atom. The summed E-state index contributed by atoms with van der Waals surface area (Å²) in [4.78, 5) is 38.2. The van der Waals surface area contributed by atoms with E-state index < -0.39 is 12.0 Å². The number of nitrogens with one attached hydrogen (secondary N) is 1. The van der Waals surface area contributed by atoms with Gasteiger partial charge in [-0.05, 0) is 23.4 Å². The molecular weight excluding hydrogens is 352 g/mol. The van der Waals surface area contributed by atoms with Gasteiger partial charge in [-0.15, -0.1) is 11.3 Å². The lowest BCUT2D eigenvalue weighted by Crippen LogP contribution is -2.44. The predicted molar refractivity (Wildman–Crippen MR) is 100.0 cm³/mol. The number of esters is 1. The molecule has 0 spiro atoms. The van der Waals surface area contributed by atoms with Gasteiger partial charge in [0.1, 0.15) is 0 Å². The molecule has 2 aromatic rings. The summed E-state index contributed by atoms with van der Waals surface area (Å²) in [5.41, 5.74) is 1.00. The number of thiophene rings is 1. The number of hydrogen-bond acceptors (Lipinski definition) is 5. The van der Waals surface area contributed by atoms with Crippen molar-refractivity contribution in [2.24, 2.45) is 0 Å². The lowest BCUT2D eigenvalue weighted by atomic mass is 10.0. The number of carbonyl (C=O) groups excluding carboxylic acids is 3. The van der Waals surface area contributed by atoms with Crippen molar-refractivity contribution in [1.82, 2.24) is 10.2 Å². The molecule has 0 aliphatic heterocycles. The second-order valence-corrected chi connectivity index (χ2v) is 6.82. The smallest absolute Gasteiger partial charge is 0.307 e. The molecule has 0 fully saturated rings. The molecule has 1 heterocycles. The molecular formula is C19H22N2O4S. The molecule has 0 aliphatic carbocycles. The van der Waals surface area contributed by atoms with E-state index in [0.717, 1.165) is 5.56 Å². The van der Waals surface area contributed by atoms with Crippen LogP contribution in [0.5, 0.6) is 0 Å². The highest BCUT2D eigenvalue weighted by Gasteiger charge is 2.20. The molecule has 7 heteroatoms. The monoisotopic (exact) mass is 374 g/mol. The summed E-state index contributed by atoms with van der Waals surface area (Å²) in [6, 6.07) is 12.7. The van der Waals surface area contributed by atoms with E-state index in [1.54, 1.807) is 19.2 Å². The number of benzene rings is 1. The Labute approximate surface area is 156 Å². The Balaban J connectivity index is 1.96. The first-order chi connectivity index (χ1) is 12.5. The van der Waals surface area contributed by atoms with Gasteiger partial charge in [0.25, 0.3) is 5.91 Å². The number of carbonyl (C=O) groups is 3. The summed E-state index contributed by atoms with van der Waals surface area (Å²) in [5.74, 6) is -0.917. The highest BCUT2D eigenvalue weighted by molar-refractivity contribution is 7.12. The van der Waals surface area contributed by atoms with Gasteiger partial charge < -0.3 is 15.0 Å². The van der Waals surface area contributed by atoms with E-state index in [1.807, 2.05) is 35.7 Å². The summed E-state index contributed by atoms with van der Waals surface area (Å²) >= 11 is 1.33. The van der Waals surface area contributed by atoms with E-state index in [4.69, 9.17) is 4.74 Å². The molecule has 0 radical (unpaired) electrons. The fourth-order valence-corrected chi connectivity index (χ4v) is 3.22. The summed E-state index contributed by atoms with van der Waals surface area (Å²) in [7, 11) is 2.89. The van der Waals surface area contributed by atoms with Crippen LogP contribution in [0.3, 0.4) is 0 Å². The van der Waals surface area contributed by atoms with Gasteiger partial charge in [-0.1, -0.05) is 36.4 Å². The molecule has 0 aliphatic rings. The number of likely N-dealkylation sites (N-methyl/N-ethyl adjacent to an activating group) is 1. The number of nitrogens with zero attached hydrogens (tertiary/aromatic N) is 1. The van der Waals surface area contributed by atoms with Crippen molar-refractivity contribution in [2.45, 2.75) is 18.9 Å². The molecule has 1 N–H and O–H groups in total. The quantitative estimate of drug-likeness (QED) is 0.718. The van der Waals surface area contributed by atoms with Crippen molar-refractivity contribution >= 4 is 29.1 Å². The molecule has 1 aromatic heterocycles. The summed E-state index contributed by atoms with van der Waals surface area (Å²) in [5, 5.41) is 4.64. The van der Waals surface area contributed by atoms with Gasteiger partial charge in [-0.2, -0.15) is 0 Å². The topological polar surface area (TPSA) is 75.7 Å². The van der Waals surface area contributed by atoms with Gasteiger partial charge >= 0.3 is 5.97 Å². The molecule has 6 nitrogen and oxygen atoms in total. The predicted octanol–water partition coefficient (Wildman–Crippen LogP) is 2.11. The van der Waals surface area contributed by atoms with Crippen molar-refractivity contribution in [3.8, 4) is 0 Å². The first-order valence-corrected chi connectivity index (χ1v) is 9.06. The number of amides is 2. The summed E-state index contributed by atoms with van der Waals surface area (Å²) in [6.07, 6.45) is 0.573. The molecule has 26 heavy (non-hydrogen) atoms. The van der Waals surface area contributed by atoms with Crippen molar-refractivity contribution in [1.29, 1.82) is 0 Å². The molecule has 0 saturated heterocycles. The standard InChI is InChI=1S/C19H22N2O4S/c1-21(19(24)16-9-6-10-26-16)13-17(22)20-15(12-18(23)25-2)11-14-7-4-3-5-8-14/h3-10,15H,11-13H2,1-2H3,(H,20,22). The Bertz CT molecular complexity index is 731. The Morgan fingerprint density at radius 2 is 1.88 bits per heavy atom. The SMILES string of the molecule is COC(=O)CC(Cc1ccccc1)NC(=O)CN(C)C(=O)c1cccs1. The van der Waals surface area contributed by atoms with E-state index >= 15 is 0 Å². The maximum Gasteiger partial charge on any atom is 0.307 e. The molecule has 2 amide bonds. The van der Waals surface area contributed by atoms with Crippen molar-refractivity contribution in [3.05, 3.63) is 58.3 Å². The zero-order valence-corrected chi connectivity index (χ0v) is 15.6. The van der Waals surface area contributed by atoms with E-state index in [0.29, 0.717) is 11.3 Å². The van der Waals surface area contributed by atoms with Crippen LogP contribution < -0.4 is 5.32 Å².